The molecule has 1 amide bonds. The van der Waals surface area contributed by atoms with Crippen LogP contribution in [0.2, 0.25) is 0 Å². The van der Waals surface area contributed by atoms with Crippen molar-refractivity contribution < 1.29 is 4.79 Å². The zero-order valence-electron chi connectivity index (χ0n) is 17.8. The van der Waals surface area contributed by atoms with E-state index < -0.39 is 0 Å². The molecule has 0 aliphatic carbocycles. The van der Waals surface area contributed by atoms with Crippen molar-refractivity contribution in [3.05, 3.63) is 44.6 Å². The monoisotopic (exact) mass is 442 g/mol. The lowest BCUT2D eigenvalue weighted by molar-refractivity contribution is -0.121. The number of piperidine rings is 1. The Balaban J connectivity index is 2.21. The van der Waals surface area contributed by atoms with E-state index >= 15 is 0 Å². The summed E-state index contributed by atoms with van der Waals surface area (Å²) >= 11 is 6.59. The normalized spacial score (nSPS) is 23.2. The minimum atomic E-state index is -0.313. The van der Waals surface area contributed by atoms with Crippen LogP contribution in [-0.2, 0) is 11.8 Å². The van der Waals surface area contributed by atoms with Crippen LogP contribution in [0.4, 0.5) is 5.82 Å². The van der Waals surface area contributed by atoms with Crippen LogP contribution in [0.25, 0.3) is 6.08 Å². The molecule has 3 heterocycles. The number of thiocarbonyl (C=S) groups is 1. The average molecular weight is 443 g/mol. The SMILES string of the molecule is C=CCN1C(=O)C(=Cc2c(C)c(C#N)c(=O)n(C)c2N2CC(C)CC(C)C2)SC1=S. The van der Waals surface area contributed by atoms with Gasteiger partial charge in [-0.3, -0.25) is 19.1 Å². The van der Waals surface area contributed by atoms with Crippen LogP contribution in [0.3, 0.4) is 0 Å². The highest BCUT2D eigenvalue weighted by atomic mass is 32.2. The lowest BCUT2D eigenvalue weighted by Gasteiger charge is -2.38. The first-order valence-electron chi connectivity index (χ1n) is 9.94. The molecule has 0 saturated carbocycles. The molecule has 2 aliphatic heterocycles. The molecule has 0 aromatic carbocycles. The first-order valence-corrected chi connectivity index (χ1v) is 11.2. The highest BCUT2D eigenvalue weighted by molar-refractivity contribution is 8.26. The number of nitrogens with zero attached hydrogens (tertiary/aromatic N) is 4. The Hall–Kier alpha value is -2.37. The maximum Gasteiger partial charge on any atom is 0.270 e. The number of aromatic nitrogens is 1. The van der Waals surface area contributed by atoms with E-state index in [1.165, 1.54) is 16.7 Å². The smallest absolute Gasteiger partial charge is 0.270 e. The third-order valence-electron chi connectivity index (χ3n) is 5.60. The molecular weight excluding hydrogens is 416 g/mol. The standard InChI is InChI=1S/C22H26N4O2S2/c1-6-7-26-21(28)18(30-22(26)29)9-16-15(4)17(10-23)20(27)24(5)19(16)25-11-13(2)8-14(3)12-25/h6,9,13-14H,1,7-8,11-12H2,2-5H3. The molecule has 1 aromatic rings. The van der Waals surface area contributed by atoms with Gasteiger partial charge >= 0.3 is 0 Å². The molecule has 2 fully saturated rings. The number of thioether (sulfide) groups is 1. The van der Waals surface area contributed by atoms with Gasteiger partial charge in [-0.1, -0.05) is 43.9 Å². The van der Waals surface area contributed by atoms with Crippen LogP contribution >= 0.6 is 24.0 Å². The average Bonchev–Trinajstić information content (AvgIpc) is 2.93. The van der Waals surface area contributed by atoms with Gasteiger partial charge in [0, 0.05) is 32.2 Å². The molecule has 6 nitrogen and oxygen atoms in total. The van der Waals surface area contributed by atoms with E-state index in [4.69, 9.17) is 12.2 Å². The van der Waals surface area contributed by atoms with Gasteiger partial charge in [0.25, 0.3) is 11.5 Å². The molecule has 0 bridgehead atoms. The number of nitriles is 1. The van der Waals surface area contributed by atoms with Crippen molar-refractivity contribution >= 4 is 46.1 Å². The number of carbonyl (C=O) groups excluding carboxylic acids is 1. The maximum absolute atomic E-state index is 12.9. The van der Waals surface area contributed by atoms with E-state index in [1.807, 2.05) is 6.07 Å². The molecule has 3 rings (SSSR count). The number of amides is 1. The third-order valence-corrected chi connectivity index (χ3v) is 6.97. The Bertz CT molecular complexity index is 1040. The van der Waals surface area contributed by atoms with Gasteiger partial charge in [-0.2, -0.15) is 5.26 Å². The summed E-state index contributed by atoms with van der Waals surface area (Å²) in [5.74, 6) is 1.55. The number of carbonyl (C=O) groups is 1. The van der Waals surface area contributed by atoms with E-state index in [0.717, 1.165) is 30.9 Å². The predicted octanol–water partition coefficient (Wildman–Crippen LogP) is 3.43. The molecular formula is C22H26N4O2S2. The lowest BCUT2D eigenvalue weighted by Crippen LogP contribution is -2.42. The van der Waals surface area contributed by atoms with Crippen LogP contribution in [0, 0.1) is 30.1 Å². The second kappa shape index (κ2) is 8.78. The Morgan fingerprint density at radius 1 is 1.30 bits per heavy atom. The van der Waals surface area contributed by atoms with Gasteiger partial charge in [-0.05, 0) is 36.8 Å². The van der Waals surface area contributed by atoms with Gasteiger partial charge in [0.15, 0.2) is 0 Å². The third kappa shape index (κ3) is 3.96. The van der Waals surface area contributed by atoms with E-state index in [-0.39, 0.29) is 17.0 Å². The van der Waals surface area contributed by atoms with E-state index in [9.17, 15) is 14.9 Å². The molecule has 0 spiro atoms. The Morgan fingerprint density at radius 2 is 1.93 bits per heavy atom. The fourth-order valence-electron chi connectivity index (χ4n) is 4.35. The molecule has 0 N–H and O–H groups in total. The molecule has 158 valence electrons. The summed E-state index contributed by atoms with van der Waals surface area (Å²) in [5, 5.41) is 9.59. The quantitative estimate of drug-likeness (QED) is 0.404. The largest absolute Gasteiger partial charge is 0.357 e. The van der Waals surface area contributed by atoms with Gasteiger partial charge in [-0.15, -0.1) is 6.58 Å². The highest BCUT2D eigenvalue weighted by Gasteiger charge is 2.33. The molecule has 30 heavy (non-hydrogen) atoms. The number of pyridine rings is 1. The molecule has 2 saturated heterocycles. The summed E-state index contributed by atoms with van der Waals surface area (Å²) in [5.41, 5.74) is 1.11. The molecule has 0 radical (unpaired) electrons. The van der Waals surface area contributed by atoms with Gasteiger partial charge in [0.05, 0.1) is 4.91 Å². The molecule has 8 heteroatoms. The Kier molecular flexibility index (Phi) is 6.53. The summed E-state index contributed by atoms with van der Waals surface area (Å²) < 4.78 is 2.03. The summed E-state index contributed by atoms with van der Waals surface area (Å²) in [6.07, 6.45) is 4.56. The van der Waals surface area contributed by atoms with Crippen molar-refractivity contribution in [3.63, 3.8) is 0 Å². The summed E-state index contributed by atoms with van der Waals surface area (Å²) in [6, 6.07) is 2.04. The molecule has 2 atom stereocenters. The van der Waals surface area contributed by atoms with Crippen LogP contribution in [0.15, 0.2) is 22.4 Å². The van der Waals surface area contributed by atoms with Crippen LogP contribution in [0.5, 0.6) is 0 Å². The zero-order valence-corrected chi connectivity index (χ0v) is 19.4. The summed E-state index contributed by atoms with van der Waals surface area (Å²) in [6.45, 7) is 11.9. The van der Waals surface area contributed by atoms with Crippen molar-refractivity contribution in [3.8, 4) is 6.07 Å². The Morgan fingerprint density at radius 3 is 2.50 bits per heavy atom. The molecule has 2 unspecified atom stereocenters. The number of hydrogen-bond acceptors (Lipinski definition) is 6. The molecule has 2 aliphatic rings. The number of anilines is 1. The van der Waals surface area contributed by atoms with Crippen LogP contribution in [0.1, 0.15) is 37.0 Å². The van der Waals surface area contributed by atoms with Gasteiger partial charge in [0.1, 0.15) is 21.8 Å². The van der Waals surface area contributed by atoms with E-state index in [0.29, 0.717) is 33.2 Å². The van der Waals surface area contributed by atoms with Crippen LogP contribution < -0.4 is 10.5 Å². The predicted molar refractivity (Wildman–Crippen MR) is 126 cm³/mol. The summed E-state index contributed by atoms with van der Waals surface area (Å²) in [7, 11) is 1.70. The van der Waals surface area contributed by atoms with Crippen molar-refractivity contribution in [1.82, 2.24) is 9.47 Å². The second-order valence-corrected chi connectivity index (χ2v) is 9.82. The number of hydrogen-bond donors (Lipinski definition) is 0. The van der Waals surface area contributed by atoms with Gasteiger partial charge in [-0.25, -0.2) is 0 Å². The highest BCUT2D eigenvalue weighted by Crippen LogP contribution is 2.36. The maximum atomic E-state index is 12.9. The van der Waals surface area contributed by atoms with Crippen molar-refractivity contribution in [2.75, 3.05) is 24.5 Å². The summed E-state index contributed by atoms with van der Waals surface area (Å²) in [4.78, 5) is 30.0. The minimum Gasteiger partial charge on any atom is -0.357 e. The molecule has 1 aromatic heterocycles. The van der Waals surface area contributed by atoms with Crippen LogP contribution in [-0.4, -0.2) is 39.3 Å². The fourth-order valence-corrected chi connectivity index (χ4v) is 5.60. The van der Waals surface area contributed by atoms with Gasteiger partial charge < -0.3 is 4.90 Å². The minimum absolute atomic E-state index is 0.104. The van der Waals surface area contributed by atoms with Crippen molar-refractivity contribution in [2.45, 2.75) is 27.2 Å². The van der Waals surface area contributed by atoms with Crippen molar-refractivity contribution in [2.24, 2.45) is 18.9 Å². The van der Waals surface area contributed by atoms with E-state index in [2.05, 4.69) is 25.3 Å². The first-order chi connectivity index (χ1) is 14.2. The Labute approximate surface area is 186 Å². The topological polar surface area (TPSA) is 69.3 Å². The first kappa shape index (κ1) is 22.3. The van der Waals surface area contributed by atoms with Crippen molar-refractivity contribution in [1.29, 1.82) is 5.26 Å². The van der Waals surface area contributed by atoms with Gasteiger partial charge in [0.2, 0.25) is 0 Å². The lowest BCUT2D eigenvalue weighted by atomic mass is 9.91. The second-order valence-electron chi connectivity index (χ2n) is 8.15. The zero-order chi connectivity index (χ0) is 22.2. The number of rotatable bonds is 4. The van der Waals surface area contributed by atoms with E-state index in [1.54, 1.807) is 30.7 Å². The fraction of sp³-hybridized carbons (Fsp3) is 0.455.